The van der Waals surface area contributed by atoms with Crippen LogP contribution in [-0.2, 0) is 11.3 Å². The van der Waals surface area contributed by atoms with Crippen LogP contribution in [0.2, 0.25) is 0 Å². The van der Waals surface area contributed by atoms with Gasteiger partial charge in [0.2, 0.25) is 5.91 Å². The number of carbonyl (C=O) groups excluding carboxylic acids is 1. The molecule has 0 saturated carbocycles. The highest BCUT2D eigenvalue weighted by Crippen LogP contribution is 2.21. The van der Waals surface area contributed by atoms with E-state index in [1.54, 1.807) is 24.1 Å². The van der Waals surface area contributed by atoms with Crippen molar-refractivity contribution in [3.8, 4) is 5.75 Å². The summed E-state index contributed by atoms with van der Waals surface area (Å²) in [5.74, 6) is 0.219. The van der Waals surface area contributed by atoms with Gasteiger partial charge in [0.1, 0.15) is 5.75 Å². The fourth-order valence-electron chi connectivity index (χ4n) is 3.25. The minimum Gasteiger partial charge on any atom is -0.435 e. The minimum atomic E-state index is -2.84. The molecule has 1 unspecified atom stereocenters. The molecule has 1 heterocycles. The Morgan fingerprint density at radius 3 is 2.92 bits per heavy atom. The lowest BCUT2D eigenvalue weighted by Crippen LogP contribution is -2.49. The number of ether oxygens (including phenoxy) is 1. The van der Waals surface area contributed by atoms with Crippen LogP contribution in [0.15, 0.2) is 24.3 Å². The van der Waals surface area contributed by atoms with Gasteiger partial charge in [0.15, 0.2) is 0 Å². The van der Waals surface area contributed by atoms with Gasteiger partial charge in [-0.1, -0.05) is 25.5 Å². The molecule has 0 aromatic heterocycles. The van der Waals surface area contributed by atoms with E-state index in [1.807, 2.05) is 6.07 Å². The van der Waals surface area contributed by atoms with Gasteiger partial charge in [0, 0.05) is 13.6 Å². The maximum atomic E-state index is 12.8. The maximum absolute atomic E-state index is 12.8. The summed E-state index contributed by atoms with van der Waals surface area (Å²) in [5.41, 5.74) is 0.779. The van der Waals surface area contributed by atoms with E-state index in [1.165, 1.54) is 6.07 Å². The second-order valence-corrected chi connectivity index (χ2v) is 6.27. The molecule has 0 aliphatic carbocycles. The second kappa shape index (κ2) is 8.97. The lowest BCUT2D eigenvalue weighted by Gasteiger charge is -2.36. The number of amides is 1. The Kier molecular flexibility index (Phi) is 6.97. The third-order valence-corrected chi connectivity index (χ3v) is 4.33. The number of piperidine rings is 1. The SMILES string of the molecule is CCCN1CCCCC1C(=O)N(C)Cc1cccc(OC(F)F)c1. The molecular weight excluding hydrogens is 314 g/mol. The fourth-order valence-corrected chi connectivity index (χ4v) is 3.25. The summed E-state index contributed by atoms with van der Waals surface area (Å²) in [6, 6.07) is 6.45. The maximum Gasteiger partial charge on any atom is 0.387 e. The van der Waals surface area contributed by atoms with Crippen molar-refractivity contribution >= 4 is 5.91 Å². The first-order valence-electron chi connectivity index (χ1n) is 8.54. The van der Waals surface area contributed by atoms with Gasteiger partial charge in [-0.3, -0.25) is 9.69 Å². The van der Waals surface area contributed by atoms with Crippen molar-refractivity contribution in [3.63, 3.8) is 0 Å². The molecule has 1 fully saturated rings. The van der Waals surface area contributed by atoms with Gasteiger partial charge in [-0.2, -0.15) is 8.78 Å². The summed E-state index contributed by atoms with van der Waals surface area (Å²) in [6.07, 6.45) is 4.13. The average molecular weight is 340 g/mol. The highest BCUT2D eigenvalue weighted by Gasteiger charge is 2.30. The van der Waals surface area contributed by atoms with Crippen molar-refractivity contribution < 1.29 is 18.3 Å². The zero-order valence-corrected chi connectivity index (χ0v) is 14.4. The molecule has 1 aliphatic rings. The molecule has 0 radical (unpaired) electrons. The van der Waals surface area contributed by atoms with Crippen molar-refractivity contribution in [2.45, 2.75) is 51.8 Å². The van der Waals surface area contributed by atoms with Gasteiger partial charge < -0.3 is 9.64 Å². The summed E-state index contributed by atoms with van der Waals surface area (Å²) in [6.45, 7) is 1.56. The average Bonchev–Trinajstić information content (AvgIpc) is 2.54. The number of hydrogen-bond acceptors (Lipinski definition) is 3. The van der Waals surface area contributed by atoms with Gasteiger partial charge in [-0.05, 0) is 50.0 Å². The molecule has 1 aromatic rings. The van der Waals surface area contributed by atoms with E-state index in [0.29, 0.717) is 6.54 Å². The first-order chi connectivity index (χ1) is 11.5. The van der Waals surface area contributed by atoms with E-state index >= 15 is 0 Å². The van der Waals surface area contributed by atoms with Gasteiger partial charge in [-0.15, -0.1) is 0 Å². The van der Waals surface area contributed by atoms with Crippen LogP contribution in [0.1, 0.15) is 38.2 Å². The summed E-state index contributed by atoms with van der Waals surface area (Å²) in [5, 5.41) is 0. The van der Waals surface area contributed by atoms with E-state index in [4.69, 9.17) is 0 Å². The second-order valence-electron chi connectivity index (χ2n) is 6.27. The monoisotopic (exact) mass is 340 g/mol. The van der Waals surface area contributed by atoms with E-state index in [2.05, 4.69) is 16.6 Å². The number of nitrogens with zero attached hydrogens (tertiary/aromatic N) is 2. The van der Waals surface area contributed by atoms with Crippen molar-refractivity contribution in [1.82, 2.24) is 9.80 Å². The molecule has 0 bridgehead atoms. The van der Waals surface area contributed by atoms with Crippen LogP contribution in [0.25, 0.3) is 0 Å². The quantitative estimate of drug-likeness (QED) is 0.761. The van der Waals surface area contributed by atoms with E-state index in [0.717, 1.165) is 44.3 Å². The molecule has 1 atom stereocenters. The molecular formula is C18H26F2N2O2. The molecule has 1 aromatic carbocycles. The summed E-state index contributed by atoms with van der Waals surface area (Å²) in [7, 11) is 1.77. The van der Waals surface area contributed by atoms with Crippen LogP contribution < -0.4 is 4.74 Å². The van der Waals surface area contributed by atoms with Crippen LogP contribution in [0.3, 0.4) is 0 Å². The molecule has 0 N–H and O–H groups in total. The van der Waals surface area contributed by atoms with Crippen molar-refractivity contribution in [2.75, 3.05) is 20.1 Å². The Bertz CT molecular complexity index is 538. The van der Waals surface area contributed by atoms with Crippen molar-refractivity contribution in [1.29, 1.82) is 0 Å². The zero-order chi connectivity index (χ0) is 17.5. The minimum absolute atomic E-state index is 0.0656. The molecule has 6 heteroatoms. The Balaban J connectivity index is 2.00. The third-order valence-electron chi connectivity index (χ3n) is 4.33. The number of alkyl halides is 2. The first kappa shape index (κ1) is 18.6. The van der Waals surface area contributed by atoms with Crippen LogP contribution in [-0.4, -0.2) is 48.5 Å². The van der Waals surface area contributed by atoms with Crippen molar-refractivity contribution in [3.05, 3.63) is 29.8 Å². The largest absolute Gasteiger partial charge is 0.435 e. The number of hydrogen-bond donors (Lipinski definition) is 0. The number of benzene rings is 1. The van der Waals surface area contributed by atoms with E-state index < -0.39 is 6.61 Å². The molecule has 4 nitrogen and oxygen atoms in total. The van der Waals surface area contributed by atoms with Crippen molar-refractivity contribution in [2.24, 2.45) is 0 Å². The zero-order valence-electron chi connectivity index (χ0n) is 14.4. The van der Waals surface area contributed by atoms with Gasteiger partial charge in [-0.25, -0.2) is 0 Å². The van der Waals surface area contributed by atoms with Gasteiger partial charge >= 0.3 is 6.61 Å². The van der Waals surface area contributed by atoms with Gasteiger partial charge in [0.05, 0.1) is 6.04 Å². The predicted molar refractivity (Wildman–Crippen MR) is 89.1 cm³/mol. The van der Waals surface area contributed by atoms with E-state index in [-0.39, 0.29) is 17.7 Å². The molecule has 24 heavy (non-hydrogen) atoms. The Morgan fingerprint density at radius 1 is 1.42 bits per heavy atom. The Morgan fingerprint density at radius 2 is 2.21 bits per heavy atom. The summed E-state index contributed by atoms with van der Waals surface area (Å²) in [4.78, 5) is 16.7. The molecule has 1 saturated heterocycles. The molecule has 1 amide bonds. The van der Waals surface area contributed by atoms with Crippen LogP contribution in [0.5, 0.6) is 5.75 Å². The summed E-state index contributed by atoms with van der Waals surface area (Å²) >= 11 is 0. The third kappa shape index (κ3) is 5.16. The smallest absolute Gasteiger partial charge is 0.387 e. The van der Waals surface area contributed by atoms with Crippen LogP contribution >= 0.6 is 0 Å². The summed E-state index contributed by atoms with van der Waals surface area (Å²) < 4.78 is 29.0. The number of halogens is 2. The normalized spacial score (nSPS) is 18.6. The highest BCUT2D eigenvalue weighted by atomic mass is 19.3. The molecule has 134 valence electrons. The standard InChI is InChI=1S/C18H26F2N2O2/c1-3-10-22-11-5-4-9-16(22)17(23)21(2)13-14-7-6-8-15(12-14)24-18(19)20/h6-8,12,16,18H,3-5,9-11,13H2,1-2H3. The Hall–Kier alpha value is -1.69. The lowest BCUT2D eigenvalue weighted by molar-refractivity contribution is -0.137. The first-order valence-corrected chi connectivity index (χ1v) is 8.54. The Labute approximate surface area is 142 Å². The van der Waals surface area contributed by atoms with Gasteiger partial charge in [0.25, 0.3) is 0 Å². The van der Waals surface area contributed by atoms with Crippen LogP contribution in [0, 0.1) is 0 Å². The predicted octanol–water partition coefficient (Wildman–Crippen LogP) is 3.51. The lowest BCUT2D eigenvalue weighted by atomic mass is 10.0. The highest BCUT2D eigenvalue weighted by molar-refractivity contribution is 5.81. The number of likely N-dealkylation sites (N-methyl/N-ethyl adjacent to an activating group) is 1. The van der Waals surface area contributed by atoms with Crippen LogP contribution in [0.4, 0.5) is 8.78 Å². The number of likely N-dealkylation sites (tertiary alicyclic amines) is 1. The molecule has 2 rings (SSSR count). The topological polar surface area (TPSA) is 32.8 Å². The molecule has 1 aliphatic heterocycles. The number of carbonyl (C=O) groups is 1. The number of rotatable bonds is 7. The fraction of sp³-hybridized carbons (Fsp3) is 0.611. The molecule has 0 spiro atoms. The van der Waals surface area contributed by atoms with E-state index in [9.17, 15) is 13.6 Å².